The minimum atomic E-state index is -0.374. The molecule has 0 radical (unpaired) electrons. The van der Waals surface area contributed by atoms with Gasteiger partial charge in [0.15, 0.2) is 0 Å². The normalized spacial score (nSPS) is 10.4. The summed E-state index contributed by atoms with van der Waals surface area (Å²) < 4.78 is 0. The van der Waals surface area contributed by atoms with Crippen molar-refractivity contribution in [2.45, 2.75) is 20.3 Å². The van der Waals surface area contributed by atoms with Crippen molar-refractivity contribution in [2.75, 3.05) is 10.6 Å². The lowest BCUT2D eigenvalue weighted by atomic mass is 10.1. The summed E-state index contributed by atoms with van der Waals surface area (Å²) >= 11 is 5.94. The number of pyridine rings is 1. The zero-order valence-corrected chi connectivity index (χ0v) is 16.4. The lowest BCUT2D eigenvalue weighted by Crippen LogP contribution is -2.17. The second-order valence-electron chi connectivity index (χ2n) is 6.35. The maximum atomic E-state index is 12.6. The van der Waals surface area contributed by atoms with Gasteiger partial charge in [0.25, 0.3) is 11.8 Å². The van der Waals surface area contributed by atoms with Crippen LogP contribution in [0.1, 0.15) is 38.9 Å². The molecule has 1 aromatic heterocycles. The van der Waals surface area contributed by atoms with E-state index in [-0.39, 0.29) is 17.5 Å². The number of hydrogen-bond acceptors (Lipinski definition) is 3. The van der Waals surface area contributed by atoms with E-state index in [1.807, 2.05) is 31.2 Å². The Hall–Kier alpha value is -3.18. The molecule has 0 atom stereocenters. The third kappa shape index (κ3) is 4.75. The van der Waals surface area contributed by atoms with E-state index < -0.39 is 0 Å². The maximum absolute atomic E-state index is 12.6. The molecule has 0 saturated carbocycles. The largest absolute Gasteiger partial charge is 0.322 e. The monoisotopic (exact) mass is 393 g/mol. The molecule has 0 aliphatic rings. The molecule has 0 spiro atoms. The number of carbonyl (C=O) groups excluding carboxylic acids is 2. The van der Waals surface area contributed by atoms with Gasteiger partial charge in [-0.15, -0.1) is 0 Å². The Kier molecular flexibility index (Phi) is 6.06. The van der Waals surface area contributed by atoms with Crippen LogP contribution in [-0.2, 0) is 6.42 Å². The summed E-state index contributed by atoms with van der Waals surface area (Å²) in [6.07, 6.45) is 2.37. The number of nitrogens with one attached hydrogen (secondary N) is 2. The number of rotatable bonds is 5. The Morgan fingerprint density at radius 1 is 0.964 bits per heavy atom. The van der Waals surface area contributed by atoms with Crippen LogP contribution in [0.15, 0.2) is 60.8 Å². The Balaban J connectivity index is 1.73. The van der Waals surface area contributed by atoms with Crippen molar-refractivity contribution in [3.63, 3.8) is 0 Å². The second-order valence-corrected chi connectivity index (χ2v) is 6.78. The molecule has 2 aromatic carbocycles. The standard InChI is InChI=1S/C22H20ClN3O2/c1-3-15-4-7-18(8-5-15)25-22(28)20-13-16(10-11-24-20)21(27)26-19-9-6-17(23)12-14(19)2/h4-13H,3H2,1-2H3,(H,25,28)(H,26,27). The van der Waals surface area contributed by atoms with Gasteiger partial charge in [-0.25, -0.2) is 0 Å². The van der Waals surface area contributed by atoms with Gasteiger partial charge in [-0.2, -0.15) is 0 Å². The first-order valence-electron chi connectivity index (χ1n) is 8.90. The summed E-state index contributed by atoms with van der Waals surface area (Å²) in [5, 5.41) is 6.22. The molecule has 1 heterocycles. The molecule has 5 nitrogen and oxygen atoms in total. The Bertz CT molecular complexity index is 1020. The van der Waals surface area contributed by atoms with Gasteiger partial charge in [0, 0.05) is 28.2 Å². The molecule has 3 rings (SSSR count). The predicted molar refractivity (Wildman–Crippen MR) is 112 cm³/mol. The second kappa shape index (κ2) is 8.67. The molecule has 2 amide bonds. The van der Waals surface area contributed by atoms with Crippen LogP contribution < -0.4 is 10.6 Å². The van der Waals surface area contributed by atoms with E-state index >= 15 is 0 Å². The summed E-state index contributed by atoms with van der Waals surface area (Å²) in [7, 11) is 0. The van der Waals surface area contributed by atoms with E-state index in [1.165, 1.54) is 17.8 Å². The fraction of sp³-hybridized carbons (Fsp3) is 0.136. The number of benzene rings is 2. The van der Waals surface area contributed by atoms with Crippen LogP contribution in [0, 0.1) is 6.92 Å². The van der Waals surface area contributed by atoms with Gasteiger partial charge in [0.05, 0.1) is 0 Å². The van der Waals surface area contributed by atoms with Gasteiger partial charge >= 0.3 is 0 Å². The van der Waals surface area contributed by atoms with E-state index in [2.05, 4.69) is 22.5 Å². The van der Waals surface area contributed by atoms with Gasteiger partial charge in [-0.3, -0.25) is 14.6 Å². The van der Waals surface area contributed by atoms with Crippen LogP contribution in [0.2, 0.25) is 5.02 Å². The van der Waals surface area contributed by atoms with Crippen LogP contribution in [-0.4, -0.2) is 16.8 Å². The number of aromatic nitrogens is 1. The van der Waals surface area contributed by atoms with E-state index in [0.717, 1.165) is 12.0 Å². The molecular weight excluding hydrogens is 374 g/mol. The van der Waals surface area contributed by atoms with Gasteiger partial charge in [0.2, 0.25) is 0 Å². The quantitative estimate of drug-likeness (QED) is 0.632. The smallest absolute Gasteiger partial charge is 0.274 e. The zero-order valence-electron chi connectivity index (χ0n) is 15.6. The van der Waals surface area contributed by atoms with Crippen LogP contribution in [0.4, 0.5) is 11.4 Å². The number of halogens is 1. The summed E-state index contributed by atoms with van der Waals surface area (Å²) in [4.78, 5) is 29.1. The van der Waals surface area contributed by atoms with Crippen molar-refractivity contribution in [3.05, 3.63) is 88.2 Å². The summed E-state index contributed by atoms with van der Waals surface area (Å²) in [5.41, 5.74) is 3.88. The predicted octanol–water partition coefficient (Wildman–Crippen LogP) is 5.11. The van der Waals surface area contributed by atoms with Crippen molar-refractivity contribution < 1.29 is 9.59 Å². The Labute approximate surface area is 168 Å². The molecule has 2 N–H and O–H groups in total. The van der Waals surface area contributed by atoms with Gasteiger partial charge in [0.1, 0.15) is 5.69 Å². The minimum absolute atomic E-state index is 0.167. The summed E-state index contributed by atoms with van der Waals surface area (Å²) in [6, 6.07) is 15.9. The fourth-order valence-electron chi connectivity index (χ4n) is 2.68. The lowest BCUT2D eigenvalue weighted by molar-refractivity contribution is 0.102. The molecule has 6 heteroatoms. The van der Waals surface area contributed by atoms with Gasteiger partial charge in [-0.05, 0) is 66.9 Å². The van der Waals surface area contributed by atoms with E-state index in [9.17, 15) is 9.59 Å². The number of carbonyl (C=O) groups is 2. The van der Waals surface area contributed by atoms with E-state index in [0.29, 0.717) is 22.0 Å². The molecule has 28 heavy (non-hydrogen) atoms. The molecular formula is C22H20ClN3O2. The van der Waals surface area contributed by atoms with E-state index in [1.54, 1.807) is 24.3 Å². The average molecular weight is 394 g/mol. The molecule has 0 saturated heterocycles. The number of aryl methyl sites for hydroxylation is 2. The van der Waals surface area contributed by atoms with Crippen LogP contribution in [0.5, 0.6) is 0 Å². The highest BCUT2D eigenvalue weighted by Crippen LogP contribution is 2.20. The molecule has 0 aliphatic heterocycles. The third-order valence-electron chi connectivity index (χ3n) is 4.31. The molecule has 0 aliphatic carbocycles. The first-order valence-corrected chi connectivity index (χ1v) is 9.28. The van der Waals surface area contributed by atoms with Crippen molar-refractivity contribution in [2.24, 2.45) is 0 Å². The number of amides is 2. The third-order valence-corrected chi connectivity index (χ3v) is 4.55. The van der Waals surface area contributed by atoms with Crippen molar-refractivity contribution in [1.29, 1.82) is 0 Å². The number of anilines is 2. The molecule has 0 bridgehead atoms. The molecule has 0 fully saturated rings. The number of hydrogen-bond donors (Lipinski definition) is 2. The van der Waals surface area contributed by atoms with Crippen LogP contribution >= 0.6 is 11.6 Å². The van der Waals surface area contributed by atoms with Crippen molar-refractivity contribution in [1.82, 2.24) is 4.98 Å². The first kappa shape index (κ1) is 19.6. The molecule has 3 aromatic rings. The van der Waals surface area contributed by atoms with E-state index in [4.69, 9.17) is 11.6 Å². The fourth-order valence-corrected chi connectivity index (χ4v) is 2.90. The van der Waals surface area contributed by atoms with Crippen molar-refractivity contribution in [3.8, 4) is 0 Å². The lowest BCUT2D eigenvalue weighted by Gasteiger charge is -2.10. The highest BCUT2D eigenvalue weighted by molar-refractivity contribution is 6.30. The Morgan fingerprint density at radius 3 is 2.39 bits per heavy atom. The van der Waals surface area contributed by atoms with Crippen molar-refractivity contribution >= 4 is 34.8 Å². The Morgan fingerprint density at radius 2 is 1.71 bits per heavy atom. The van der Waals surface area contributed by atoms with Crippen LogP contribution in [0.3, 0.4) is 0 Å². The topological polar surface area (TPSA) is 71.1 Å². The molecule has 0 unspecified atom stereocenters. The summed E-state index contributed by atoms with van der Waals surface area (Å²) in [6.45, 7) is 3.93. The summed E-state index contributed by atoms with van der Waals surface area (Å²) in [5.74, 6) is -0.698. The zero-order chi connectivity index (χ0) is 20.1. The maximum Gasteiger partial charge on any atom is 0.274 e. The average Bonchev–Trinajstić information content (AvgIpc) is 2.70. The molecule has 142 valence electrons. The van der Waals surface area contributed by atoms with Crippen LogP contribution in [0.25, 0.3) is 0 Å². The van der Waals surface area contributed by atoms with Gasteiger partial charge < -0.3 is 10.6 Å². The number of nitrogens with zero attached hydrogens (tertiary/aromatic N) is 1. The SMILES string of the molecule is CCc1ccc(NC(=O)c2cc(C(=O)Nc3ccc(Cl)cc3C)ccn2)cc1. The first-order chi connectivity index (χ1) is 13.5. The highest BCUT2D eigenvalue weighted by Gasteiger charge is 2.13. The minimum Gasteiger partial charge on any atom is -0.322 e. The van der Waals surface area contributed by atoms with Gasteiger partial charge in [-0.1, -0.05) is 30.7 Å². The highest BCUT2D eigenvalue weighted by atomic mass is 35.5.